The molecule has 2 N–H and O–H groups in total. The fourth-order valence-electron chi connectivity index (χ4n) is 3.64. The van der Waals surface area contributed by atoms with E-state index < -0.39 is 18.2 Å². The molecule has 0 spiro atoms. The lowest BCUT2D eigenvalue weighted by molar-refractivity contribution is 0.0187. The monoisotopic (exact) mass is 449 g/mol. The second-order valence-corrected chi connectivity index (χ2v) is 8.56. The number of carbonyl (C=O) groups is 1. The highest BCUT2D eigenvalue weighted by Gasteiger charge is 2.33. The van der Waals surface area contributed by atoms with Crippen LogP contribution in [0.5, 0.6) is 5.75 Å². The summed E-state index contributed by atoms with van der Waals surface area (Å²) < 4.78 is 40.7. The van der Waals surface area contributed by atoms with Crippen LogP contribution in [-0.2, 0) is 4.74 Å². The van der Waals surface area contributed by atoms with Crippen molar-refractivity contribution in [1.29, 1.82) is 0 Å². The fourth-order valence-corrected chi connectivity index (χ4v) is 3.64. The molecule has 3 aromatic heterocycles. The molecule has 1 unspecified atom stereocenters. The lowest BCUT2D eigenvalue weighted by atomic mass is 10.2. The van der Waals surface area contributed by atoms with Crippen molar-refractivity contribution in [3.63, 3.8) is 0 Å². The molecule has 0 aromatic carbocycles. The van der Waals surface area contributed by atoms with E-state index in [9.17, 15) is 13.6 Å². The van der Waals surface area contributed by atoms with E-state index in [0.29, 0.717) is 16.9 Å². The van der Waals surface area contributed by atoms with E-state index in [1.807, 2.05) is 0 Å². The number of fused-ring (bicyclic) bond motifs is 1. The van der Waals surface area contributed by atoms with Gasteiger partial charge in [0.2, 0.25) is 0 Å². The minimum atomic E-state index is -2.89. The molecule has 0 aliphatic carbocycles. The van der Waals surface area contributed by atoms with Crippen LogP contribution >= 0.6 is 0 Å². The van der Waals surface area contributed by atoms with Crippen LogP contribution in [0.1, 0.15) is 40.2 Å². The normalized spacial score (nSPS) is 16.8. The molecule has 1 saturated heterocycles. The van der Waals surface area contributed by atoms with Crippen molar-refractivity contribution in [3.8, 4) is 17.1 Å². The summed E-state index contributed by atoms with van der Waals surface area (Å²) in [5.41, 5.74) is 5.81. The molecule has 12 heteroatoms. The molecule has 10 nitrogen and oxygen atoms in total. The van der Waals surface area contributed by atoms with E-state index in [4.69, 9.17) is 15.2 Å². The summed E-state index contributed by atoms with van der Waals surface area (Å²) in [5.74, 6) is 0.424. The van der Waals surface area contributed by atoms with E-state index >= 15 is 0 Å². The zero-order valence-electron chi connectivity index (χ0n) is 18.0. The van der Waals surface area contributed by atoms with E-state index in [1.165, 1.54) is 18.6 Å². The topological polar surface area (TPSA) is 113 Å². The average Bonchev–Trinajstić information content (AvgIpc) is 3.41. The van der Waals surface area contributed by atoms with Crippen LogP contribution in [0, 0.1) is 0 Å². The zero-order valence-corrected chi connectivity index (χ0v) is 18.0. The summed E-state index contributed by atoms with van der Waals surface area (Å²) in [5, 5.41) is 3.77. The number of carbonyl (C=O) groups excluding carboxylic acids is 1. The Hall–Kier alpha value is -3.44. The van der Waals surface area contributed by atoms with Gasteiger partial charge >= 0.3 is 12.6 Å². The summed E-state index contributed by atoms with van der Waals surface area (Å²) >= 11 is 0. The van der Waals surface area contributed by atoms with Gasteiger partial charge in [-0.2, -0.15) is 18.6 Å². The smallest absolute Gasteiger partial charge is 0.410 e. The number of nitrogens with zero attached hydrogens (tertiary/aromatic N) is 6. The molecular formula is C20H25F2N7O3. The van der Waals surface area contributed by atoms with Crippen molar-refractivity contribution >= 4 is 17.6 Å². The number of anilines is 1. The van der Waals surface area contributed by atoms with Crippen molar-refractivity contribution in [2.45, 2.75) is 51.8 Å². The van der Waals surface area contributed by atoms with Crippen LogP contribution in [0.25, 0.3) is 17.0 Å². The molecule has 4 rings (SSSR count). The Labute approximate surface area is 182 Å². The molecule has 32 heavy (non-hydrogen) atoms. The third-order valence-corrected chi connectivity index (χ3v) is 4.99. The predicted molar refractivity (Wildman–Crippen MR) is 111 cm³/mol. The minimum Gasteiger partial charge on any atom is -0.487 e. The van der Waals surface area contributed by atoms with Crippen molar-refractivity contribution in [3.05, 3.63) is 24.8 Å². The Balaban J connectivity index is 1.57. The maximum atomic E-state index is 13.6. The quantitative estimate of drug-likeness (QED) is 0.636. The highest BCUT2D eigenvalue weighted by molar-refractivity contribution is 5.69. The fraction of sp³-hybridized carbons (Fsp3) is 0.500. The molecule has 0 bridgehead atoms. The summed E-state index contributed by atoms with van der Waals surface area (Å²) in [6.45, 7) is 3.17. The van der Waals surface area contributed by atoms with Crippen LogP contribution in [0.15, 0.2) is 24.8 Å². The first kappa shape index (κ1) is 21.8. The Bertz CT molecular complexity index is 1120. The summed E-state index contributed by atoms with van der Waals surface area (Å²) in [6.07, 6.45) is 6.84. The molecule has 1 amide bonds. The Morgan fingerprint density at radius 3 is 2.81 bits per heavy atom. The van der Waals surface area contributed by atoms with Gasteiger partial charge in [-0.25, -0.2) is 14.8 Å². The van der Waals surface area contributed by atoms with Crippen LogP contribution < -0.4 is 10.5 Å². The third kappa shape index (κ3) is 4.43. The molecule has 3 aromatic rings. The van der Waals surface area contributed by atoms with Gasteiger partial charge in [0, 0.05) is 12.7 Å². The maximum absolute atomic E-state index is 13.6. The van der Waals surface area contributed by atoms with Gasteiger partial charge in [0.15, 0.2) is 11.4 Å². The lowest BCUT2D eigenvalue weighted by Gasteiger charge is -2.28. The second-order valence-electron chi connectivity index (χ2n) is 8.56. The number of rotatable bonds is 5. The number of nitrogen functional groups attached to an aromatic ring is 1. The van der Waals surface area contributed by atoms with Crippen LogP contribution in [0.2, 0.25) is 0 Å². The number of hydrogen-bond acceptors (Lipinski definition) is 7. The number of aromatic nitrogens is 5. The highest BCUT2D eigenvalue weighted by atomic mass is 19.3. The number of ether oxygens (including phenoxy) is 2. The van der Waals surface area contributed by atoms with Crippen LogP contribution in [0.3, 0.4) is 0 Å². The second kappa shape index (κ2) is 8.24. The van der Waals surface area contributed by atoms with E-state index in [2.05, 4.69) is 15.1 Å². The lowest BCUT2D eigenvalue weighted by Crippen LogP contribution is -2.42. The van der Waals surface area contributed by atoms with Gasteiger partial charge in [-0.1, -0.05) is 0 Å². The zero-order chi connectivity index (χ0) is 23.0. The van der Waals surface area contributed by atoms with E-state index in [0.717, 1.165) is 12.8 Å². The Kier molecular flexibility index (Phi) is 5.61. The van der Waals surface area contributed by atoms with E-state index in [1.54, 1.807) is 36.3 Å². The van der Waals surface area contributed by atoms with Crippen molar-refractivity contribution in [1.82, 2.24) is 29.0 Å². The standard InChI is InChI=1S/C20H25F2N7O3/c1-20(2,3)32-19(30)28-6-4-5-12(28)11-31-14-7-25-29(18(21)22)17(14)13-9-27-10-15(23)26-16(27)8-24-13/h7-10,12,18H,4-6,11,23H2,1-3H3. The molecule has 4 heterocycles. The van der Waals surface area contributed by atoms with Crippen LogP contribution in [0.4, 0.5) is 19.4 Å². The average molecular weight is 449 g/mol. The van der Waals surface area contributed by atoms with Gasteiger partial charge in [-0.15, -0.1) is 0 Å². The minimum absolute atomic E-state index is 0.0241. The molecule has 1 aliphatic rings. The molecular weight excluding hydrogens is 424 g/mol. The number of alkyl halides is 2. The number of amides is 1. The van der Waals surface area contributed by atoms with Gasteiger partial charge in [-0.3, -0.25) is 0 Å². The molecule has 1 atom stereocenters. The highest BCUT2D eigenvalue weighted by Crippen LogP contribution is 2.33. The summed E-state index contributed by atoms with van der Waals surface area (Å²) in [7, 11) is 0. The first-order valence-electron chi connectivity index (χ1n) is 10.2. The largest absolute Gasteiger partial charge is 0.487 e. The van der Waals surface area contributed by atoms with Gasteiger partial charge in [0.05, 0.1) is 24.6 Å². The first-order chi connectivity index (χ1) is 15.1. The molecule has 1 aliphatic heterocycles. The number of hydrogen-bond donors (Lipinski definition) is 1. The van der Waals surface area contributed by atoms with Gasteiger partial charge in [0.25, 0.3) is 0 Å². The predicted octanol–water partition coefficient (Wildman–Crippen LogP) is 3.35. The third-order valence-electron chi connectivity index (χ3n) is 4.99. The SMILES string of the molecule is CC(C)(C)OC(=O)N1CCCC1COc1cnn(C(F)F)c1-c1cn2cc(N)nc2cn1. The van der Waals surface area contributed by atoms with Gasteiger partial charge < -0.3 is 24.5 Å². The van der Waals surface area contributed by atoms with Crippen LogP contribution in [-0.4, -0.2) is 59.9 Å². The Morgan fingerprint density at radius 2 is 2.09 bits per heavy atom. The van der Waals surface area contributed by atoms with Crippen molar-refractivity contribution < 1.29 is 23.0 Å². The number of nitrogens with two attached hydrogens (primary N) is 1. The number of likely N-dealkylation sites (tertiary alicyclic amines) is 1. The van der Waals surface area contributed by atoms with Crippen molar-refractivity contribution in [2.24, 2.45) is 0 Å². The summed E-state index contributed by atoms with van der Waals surface area (Å²) in [4.78, 5) is 22.4. The van der Waals surface area contributed by atoms with Crippen molar-refractivity contribution in [2.75, 3.05) is 18.9 Å². The van der Waals surface area contributed by atoms with Gasteiger partial charge in [-0.05, 0) is 33.6 Å². The van der Waals surface area contributed by atoms with E-state index in [-0.39, 0.29) is 35.6 Å². The molecule has 172 valence electrons. The van der Waals surface area contributed by atoms with Gasteiger partial charge in [0.1, 0.15) is 29.4 Å². The number of imidazole rings is 1. The first-order valence-corrected chi connectivity index (χ1v) is 10.2. The molecule has 0 radical (unpaired) electrons. The molecule has 0 saturated carbocycles. The summed E-state index contributed by atoms with van der Waals surface area (Å²) in [6, 6.07) is -0.239. The Morgan fingerprint density at radius 1 is 1.31 bits per heavy atom. The maximum Gasteiger partial charge on any atom is 0.410 e. The molecule has 1 fully saturated rings. The number of halogens is 2.